The number of ketones is 1. The van der Waals surface area contributed by atoms with E-state index in [1.165, 1.54) is 0 Å². The van der Waals surface area contributed by atoms with E-state index in [9.17, 15) is 15.0 Å². The minimum absolute atomic E-state index is 0.167. The SMILES string of the molecule is CC(O)CN(CC(C)O)c1ccc2c(c1)C(=O)C2. The minimum atomic E-state index is -0.481. The molecule has 4 nitrogen and oxygen atoms in total. The van der Waals surface area contributed by atoms with Crippen LogP contribution in [-0.2, 0) is 6.42 Å². The summed E-state index contributed by atoms with van der Waals surface area (Å²) in [6.45, 7) is 4.30. The number of hydrogen-bond donors (Lipinski definition) is 2. The molecule has 0 fully saturated rings. The van der Waals surface area contributed by atoms with Crippen molar-refractivity contribution in [2.45, 2.75) is 32.5 Å². The molecule has 98 valence electrons. The Morgan fingerprint density at radius 3 is 2.33 bits per heavy atom. The van der Waals surface area contributed by atoms with Crippen molar-refractivity contribution < 1.29 is 15.0 Å². The molecule has 0 aliphatic heterocycles. The molecule has 1 aliphatic rings. The fourth-order valence-corrected chi connectivity index (χ4v) is 2.26. The zero-order chi connectivity index (χ0) is 13.3. The van der Waals surface area contributed by atoms with E-state index in [1.54, 1.807) is 13.8 Å². The smallest absolute Gasteiger partial charge is 0.167 e. The van der Waals surface area contributed by atoms with Crippen molar-refractivity contribution in [2.75, 3.05) is 18.0 Å². The Morgan fingerprint density at radius 1 is 1.22 bits per heavy atom. The molecule has 0 spiro atoms. The van der Waals surface area contributed by atoms with Gasteiger partial charge in [0.25, 0.3) is 0 Å². The lowest BCUT2D eigenvalue weighted by Gasteiger charge is -2.29. The molecule has 1 aromatic rings. The highest BCUT2D eigenvalue weighted by Gasteiger charge is 2.24. The van der Waals surface area contributed by atoms with Gasteiger partial charge in [-0.15, -0.1) is 0 Å². The van der Waals surface area contributed by atoms with Crippen molar-refractivity contribution >= 4 is 11.5 Å². The Hall–Kier alpha value is -1.39. The van der Waals surface area contributed by atoms with Crippen molar-refractivity contribution in [1.29, 1.82) is 0 Å². The maximum absolute atomic E-state index is 11.4. The van der Waals surface area contributed by atoms with E-state index in [2.05, 4.69) is 0 Å². The molecular formula is C14H19NO3. The Morgan fingerprint density at radius 2 is 1.83 bits per heavy atom. The summed E-state index contributed by atoms with van der Waals surface area (Å²) < 4.78 is 0. The Bertz CT molecular complexity index is 444. The van der Waals surface area contributed by atoms with E-state index in [0.717, 1.165) is 16.8 Å². The lowest BCUT2D eigenvalue weighted by Crippen LogP contribution is -2.36. The van der Waals surface area contributed by atoms with E-state index in [-0.39, 0.29) is 5.78 Å². The van der Waals surface area contributed by atoms with Gasteiger partial charge in [-0.05, 0) is 31.5 Å². The summed E-state index contributed by atoms with van der Waals surface area (Å²) >= 11 is 0. The zero-order valence-electron chi connectivity index (χ0n) is 10.8. The minimum Gasteiger partial charge on any atom is -0.392 e. The van der Waals surface area contributed by atoms with Crippen LogP contribution >= 0.6 is 0 Å². The van der Waals surface area contributed by atoms with Crippen LogP contribution in [0.2, 0.25) is 0 Å². The van der Waals surface area contributed by atoms with Gasteiger partial charge >= 0.3 is 0 Å². The van der Waals surface area contributed by atoms with Crippen LogP contribution < -0.4 is 4.90 Å². The number of aliphatic hydroxyl groups is 2. The number of aliphatic hydroxyl groups excluding tert-OH is 2. The molecule has 2 rings (SSSR count). The summed E-state index contributed by atoms with van der Waals surface area (Å²) in [4.78, 5) is 13.3. The first-order valence-corrected chi connectivity index (χ1v) is 6.24. The summed E-state index contributed by atoms with van der Waals surface area (Å²) in [5.74, 6) is 0.167. The van der Waals surface area contributed by atoms with Crippen molar-refractivity contribution in [3.05, 3.63) is 29.3 Å². The van der Waals surface area contributed by atoms with Gasteiger partial charge in [-0.25, -0.2) is 0 Å². The molecule has 0 heterocycles. The molecule has 0 bridgehead atoms. The number of rotatable bonds is 5. The summed E-state index contributed by atoms with van der Waals surface area (Å²) in [6, 6.07) is 5.74. The first-order chi connectivity index (χ1) is 8.47. The van der Waals surface area contributed by atoms with E-state index < -0.39 is 12.2 Å². The molecule has 0 aromatic heterocycles. The van der Waals surface area contributed by atoms with E-state index in [4.69, 9.17) is 0 Å². The highest BCUT2D eigenvalue weighted by Crippen LogP contribution is 2.28. The van der Waals surface area contributed by atoms with Gasteiger partial charge in [0.1, 0.15) is 0 Å². The van der Waals surface area contributed by atoms with Gasteiger partial charge in [0, 0.05) is 30.8 Å². The highest BCUT2D eigenvalue weighted by molar-refractivity contribution is 6.07. The largest absolute Gasteiger partial charge is 0.392 e. The summed E-state index contributed by atoms with van der Waals surface area (Å²) in [6.07, 6.45) is -0.432. The van der Waals surface area contributed by atoms with Crippen LogP contribution in [-0.4, -0.2) is 41.3 Å². The average molecular weight is 249 g/mol. The predicted molar refractivity (Wildman–Crippen MR) is 70.1 cm³/mol. The second-order valence-electron chi connectivity index (χ2n) is 5.04. The van der Waals surface area contributed by atoms with Gasteiger partial charge in [0.05, 0.1) is 12.2 Å². The van der Waals surface area contributed by atoms with Gasteiger partial charge in [0.15, 0.2) is 5.78 Å². The van der Waals surface area contributed by atoms with Crippen LogP contribution in [0.25, 0.3) is 0 Å². The fraction of sp³-hybridized carbons (Fsp3) is 0.500. The summed E-state index contributed by atoms with van der Waals surface area (Å²) in [7, 11) is 0. The first-order valence-electron chi connectivity index (χ1n) is 6.24. The van der Waals surface area contributed by atoms with Gasteiger partial charge in [-0.2, -0.15) is 0 Å². The van der Waals surface area contributed by atoms with Crippen molar-refractivity contribution in [2.24, 2.45) is 0 Å². The number of benzene rings is 1. The molecule has 2 unspecified atom stereocenters. The molecule has 0 amide bonds. The normalized spacial score (nSPS) is 16.8. The molecule has 0 saturated heterocycles. The number of fused-ring (bicyclic) bond motifs is 1. The van der Waals surface area contributed by atoms with E-state index >= 15 is 0 Å². The summed E-state index contributed by atoms with van der Waals surface area (Å²) in [5, 5.41) is 19.0. The van der Waals surface area contributed by atoms with E-state index in [0.29, 0.717) is 19.5 Å². The Labute approximate surface area is 107 Å². The molecule has 2 N–H and O–H groups in total. The second kappa shape index (κ2) is 5.08. The molecule has 0 saturated carbocycles. The summed E-state index contributed by atoms with van der Waals surface area (Å²) in [5.41, 5.74) is 2.73. The van der Waals surface area contributed by atoms with Gasteiger partial charge in [-0.1, -0.05) is 6.07 Å². The van der Waals surface area contributed by atoms with Gasteiger partial charge in [0.2, 0.25) is 0 Å². The third-order valence-electron chi connectivity index (χ3n) is 3.08. The van der Waals surface area contributed by atoms with Crippen molar-refractivity contribution in [3.8, 4) is 0 Å². The second-order valence-corrected chi connectivity index (χ2v) is 5.04. The topological polar surface area (TPSA) is 60.8 Å². The third-order valence-corrected chi connectivity index (χ3v) is 3.08. The average Bonchev–Trinajstić information content (AvgIpc) is 2.25. The van der Waals surface area contributed by atoms with Crippen LogP contribution in [0.15, 0.2) is 18.2 Å². The van der Waals surface area contributed by atoms with Crippen LogP contribution in [0.1, 0.15) is 29.8 Å². The van der Waals surface area contributed by atoms with E-state index in [1.807, 2.05) is 23.1 Å². The molecular weight excluding hydrogens is 230 g/mol. The van der Waals surface area contributed by atoms with Gasteiger partial charge in [-0.3, -0.25) is 4.79 Å². The zero-order valence-corrected chi connectivity index (χ0v) is 10.8. The molecule has 4 heteroatoms. The molecule has 0 radical (unpaired) electrons. The van der Waals surface area contributed by atoms with Gasteiger partial charge < -0.3 is 15.1 Å². The lowest BCUT2D eigenvalue weighted by atomic mass is 9.86. The molecule has 2 atom stereocenters. The maximum Gasteiger partial charge on any atom is 0.167 e. The highest BCUT2D eigenvalue weighted by atomic mass is 16.3. The number of nitrogens with zero attached hydrogens (tertiary/aromatic N) is 1. The Kier molecular flexibility index (Phi) is 3.68. The first kappa shape index (κ1) is 13.1. The standard InChI is InChI=1S/C14H19NO3/c1-9(16)7-15(8-10(2)17)12-4-3-11-5-14(18)13(11)6-12/h3-4,6,9-10,16-17H,5,7-8H2,1-2H3. The fourth-order valence-electron chi connectivity index (χ4n) is 2.26. The van der Waals surface area contributed by atoms with Crippen LogP contribution in [0, 0.1) is 0 Å². The monoisotopic (exact) mass is 249 g/mol. The Balaban J connectivity index is 2.21. The number of anilines is 1. The van der Waals surface area contributed by atoms with Crippen molar-refractivity contribution in [3.63, 3.8) is 0 Å². The van der Waals surface area contributed by atoms with Crippen LogP contribution in [0.3, 0.4) is 0 Å². The molecule has 1 aliphatic carbocycles. The maximum atomic E-state index is 11.4. The number of carbonyl (C=O) groups excluding carboxylic acids is 1. The number of carbonyl (C=O) groups is 1. The quantitative estimate of drug-likeness (QED) is 0.817. The molecule has 1 aromatic carbocycles. The molecule has 18 heavy (non-hydrogen) atoms. The third kappa shape index (κ3) is 2.71. The number of Topliss-reactive ketones (excluding diaryl/α,β-unsaturated/α-hetero) is 1. The van der Waals surface area contributed by atoms with Crippen molar-refractivity contribution in [1.82, 2.24) is 0 Å². The van der Waals surface area contributed by atoms with Crippen LogP contribution in [0.5, 0.6) is 0 Å². The van der Waals surface area contributed by atoms with Crippen LogP contribution in [0.4, 0.5) is 5.69 Å². The lowest BCUT2D eigenvalue weighted by molar-refractivity contribution is 0.0968. The number of hydrogen-bond acceptors (Lipinski definition) is 4. The predicted octanol–water partition coefficient (Wildman–Crippen LogP) is 0.993.